The quantitative estimate of drug-likeness (QED) is 0.315. The molecule has 2 aromatic carbocycles. The Labute approximate surface area is 177 Å². The van der Waals surface area contributed by atoms with Crippen LogP contribution in [0.25, 0.3) is 21.5 Å². The summed E-state index contributed by atoms with van der Waals surface area (Å²) in [5.41, 5.74) is 1.26. The van der Waals surface area contributed by atoms with Crippen molar-refractivity contribution in [3.63, 3.8) is 0 Å². The minimum Gasteiger partial charge on any atom is -0.360 e. The van der Waals surface area contributed by atoms with Gasteiger partial charge in [-0.25, -0.2) is 4.98 Å². The van der Waals surface area contributed by atoms with Crippen LogP contribution in [-0.4, -0.2) is 21.0 Å². The van der Waals surface area contributed by atoms with Crippen LogP contribution in [-0.2, 0) is 0 Å². The number of hydrogen-bond donors (Lipinski definition) is 1. The van der Waals surface area contributed by atoms with Gasteiger partial charge < -0.3 is 4.52 Å². The van der Waals surface area contributed by atoms with E-state index in [1.54, 1.807) is 25.1 Å². The number of aromatic nitrogens is 2. The number of non-ortho nitro benzene ring substituents is 1. The second-order valence-electron chi connectivity index (χ2n) is 5.94. The van der Waals surface area contributed by atoms with Gasteiger partial charge in [0.25, 0.3) is 11.6 Å². The summed E-state index contributed by atoms with van der Waals surface area (Å²) in [7, 11) is 0. The van der Waals surface area contributed by atoms with Gasteiger partial charge in [-0.05, 0) is 25.1 Å². The van der Waals surface area contributed by atoms with Gasteiger partial charge in [0.05, 0.1) is 25.2 Å². The number of thiazole rings is 1. The van der Waals surface area contributed by atoms with Gasteiger partial charge in [0.2, 0.25) is 0 Å². The smallest absolute Gasteiger partial charge is 0.270 e. The summed E-state index contributed by atoms with van der Waals surface area (Å²) in [6.07, 6.45) is 0. The number of anilines is 1. The number of benzene rings is 2. The lowest BCUT2D eigenvalue weighted by Gasteiger charge is -2.06. The summed E-state index contributed by atoms with van der Waals surface area (Å²) in [5.74, 6) is -0.228. The van der Waals surface area contributed by atoms with Gasteiger partial charge in [-0.3, -0.25) is 20.2 Å². The van der Waals surface area contributed by atoms with Crippen LogP contribution in [0.3, 0.4) is 0 Å². The Hall–Kier alpha value is -3.01. The number of fused-ring (bicyclic) bond motifs is 1. The summed E-state index contributed by atoms with van der Waals surface area (Å²) in [4.78, 5) is 27.7. The van der Waals surface area contributed by atoms with Crippen LogP contribution in [0.15, 0.2) is 40.9 Å². The molecule has 0 unspecified atom stereocenters. The molecule has 0 radical (unpaired) electrons. The lowest BCUT2D eigenvalue weighted by atomic mass is 10.1. The lowest BCUT2D eigenvalue weighted by Crippen LogP contribution is -2.13. The molecule has 0 bridgehead atoms. The first kappa shape index (κ1) is 19.3. The molecule has 4 rings (SSSR count). The molecule has 0 aliphatic heterocycles. The SMILES string of the molecule is Cc1onc(-c2c(Cl)cccc2Cl)c1C(=O)Nc1nc2ccc([N+](=O)[O-])cc2s1. The van der Waals surface area contributed by atoms with E-state index in [9.17, 15) is 14.9 Å². The molecule has 8 nitrogen and oxygen atoms in total. The Kier molecular flexibility index (Phi) is 4.95. The number of rotatable bonds is 4. The summed E-state index contributed by atoms with van der Waals surface area (Å²) < 4.78 is 5.77. The molecule has 1 N–H and O–H groups in total. The predicted molar refractivity (Wildman–Crippen MR) is 111 cm³/mol. The maximum atomic E-state index is 12.9. The summed E-state index contributed by atoms with van der Waals surface area (Å²) in [6, 6.07) is 9.24. The molecule has 4 aromatic rings. The van der Waals surface area contributed by atoms with Gasteiger partial charge in [-0.1, -0.05) is 45.8 Å². The van der Waals surface area contributed by atoms with Gasteiger partial charge in [-0.15, -0.1) is 0 Å². The normalized spacial score (nSPS) is 11.0. The van der Waals surface area contributed by atoms with Gasteiger partial charge >= 0.3 is 0 Å². The Morgan fingerprint density at radius 1 is 1.24 bits per heavy atom. The molecule has 0 atom stereocenters. The van der Waals surface area contributed by atoms with Crippen molar-refractivity contribution >= 4 is 61.5 Å². The van der Waals surface area contributed by atoms with Gasteiger partial charge in [0.1, 0.15) is 17.0 Å². The average Bonchev–Trinajstić information content (AvgIpc) is 3.23. The van der Waals surface area contributed by atoms with Crippen molar-refractivity contribution < 1.29 is 14.2 Å². The molecular weight excluding hydrogens is 439 g/mol. The van der Waals surface area contributed by atoms with Crippen molar-refractivity contribution in [2.45, 2.75) is 6.92 Å². The molecule has 146 valence electrons. The molecule has 1 amide bonds. The first-order valence-corrected chi connectivity index (χ1v) is 9.69. The zero-order chi connectivity index (χ0) is 20.7. The van der Waals surface area contributed by atoms with E-state index in [-0.39, 0.29) is 27.8 Å². The largest absolute Gasteiger partial charge is 0.360 e. The summed E-state index contributed by atoms with van der Waals surface area (Å²) >= 11 is 13.6. The monoisotopic (exact) mass is 448 g/mol. The van der Waals surface area contributed by atoms with Crippen molar-refractivity contribution in [1.29, 1.82) is 0 Å². The van der Waals surface area contributed by atoms with Gasteiger partial charge in [0.15, 0.2) is 5.13 Å². The Balaban J connectivity index is 1.70. The number of aryl methyl sites for hydroxylation is 1. The molecule has 2 aromatic heterocycles. The van der Waals surface area contributed by atoms with Crippen LogP contribution in [0.2, 0.25) is 10.0 Å². The molecule has 0 aliphatic rings. The van der Waals surface area contributed by atoms with Gasteiger partial charge in [-0.2, -0.15) is 0 Å². The molecular formula is C18H10Cl2N4O4S. The zero-order valence-electron chi connectivity index (χ0n) is 14.6. The molecule has 0 aliphatic carbocycles. The van der Waals surface area contributed by atoms with Crippen molar-refractivity contribution in [1.82, 2.24) is 10.1 Å². The van der Waals surface area contributed by atoms with E-state index < -0.39 is 10.8 Å². The minimum atomic E-state index is -0.511. The molecule has 0 saturated heterocycles. The van der Waals surface area contributed by atoms with Crippen molar-refractivity contribution in [3.05, 3.63) is 67.9 Å². The van der Waals surface area contributed by atoms with Gasteiger partial charge in [0, 0.05) is 17.7 Å². The number of nitro groups is 1. The number of nitrogens with zero attached hydrogens (tertiary/aromatic N) is 3. The Bertz CT molecular complexity index is 1260. The fourth-order valence-electron chi connectivity index (χ4n) is 2.77. The van der Waals surface area contributed by atoms with E-state index in [4.69, 9.17) is 27.7 Å². The van der Waals surface area contributed by atoms with Crippen LogP contribution < -0.4 is 5.32 Å². The average molecular weight is 449 g/mol. The molecule has 29 heavy (non-hydrogen) atoms. The van der Waals surface area contributed by atoms with Crippen molar-refractivity contribution in [3.8, 4) is 11.3 Å². The topological polar surface area (TPSA) is 111 Å². The molecule has 11 heteroatoms. The highest BCUT2D eigenvalue weighted by atomic mass is 35.5. The van der Waals surface area contributed by atoms with E-state index in [2.05, 4.69) is 15.5 Å². The third kappa shape index (κ3) is 3.55. The molecule has 0 saturated carbocycles. The highest BCUT2D eigenvalue weighted by molar-refractivity contribution is 7.22. The summed E-state index contributed by atoms with van der Waals surface area (Å²) in [6.45, 7) is 1.60. The van der Waals surface area contributed by atoms with Crippen molar-refractivity contribution in [2.24, 2.45) is 0 Å². The highest BCUT2D eigenvalue weighted by Gasteiger charge is 2.25. The number of halogens is 2. The number of amides is 1. The Morgan fingerprint density at radius 3 is 2.66 bits per heavy atom. The second-order valence-corrected chi connectivity index (χ2v) is 7.79. The highest BCUT2D eigenvalue weighted by Crippen LogP contribution is 2.37. The van der Waals surface area contributed by atoms with E-state index in [1.165, 1.54) is 18.2 Å². The van der Waals surface area contributed by atoms with Crippen LogP contribution >= 0.6 is 34.5 Å². The third-order valence-corrected chi connectivity index (χ3v) is 5.66. The lowest BCUT2D eigenvalue weighted by molar-refractivity contribution is -0.384. The number of nitro benzene ring substituents is 1. The number of hydrogen-bond acceptors (Lipinski definition) is 7. The van der Waals surface area contributed by atoms with E-state index in [1.807, 2.05) is 0 Å². The minimum absolute atomic E-state index is 0.0513. The first-order chi connectivity index (χ1) is 13.8. The third-order valence-electron chi connectivity index (χ3n) is 4.09. The van der Waals surface area contributed by atoms with Crippen LogP contribution in [0.4, 0.5) is 10.8 Å². The van der Waals surface area contributed by atoms with Crippen LogP contribution in [0, 0.1) is 17.0 Å². The Morgan fingerprint density at radius 2 is 1.97 bits per heavy atom. The number of carbonyl (C=O) groups excluding carboxylic acids is 1. The summed E-state index contributed by atoms with van der Waals surface area (Å²) in [5, 5.41) is 18.5. The first-order valence-electron chi connectivity index (χ1n) is 8.12. The fourth-order valence-corrected chi connectivity index (χ4v) is 4.24. The van der Waals surface area contributed by atoms with Crippen LogP contribution in [0.1, 0.15) is 16.1 Å². The molecule has 0 spiro atoms. The van der Waals surface area contributed by atoms with Crippen molar-refractivity contribution in [2.75, 3.05) is 5.32 Å². The van der Waals surface area contributed by atoms with E-state index in [0.717, 1.165) is 11.3 Å². The maximum absolute atomic E-state index is 12.9. The van der Waals surface area contributed by atoms with Crippen LogP contribution in [0.5, 0.6) is 0 Å². The second kappa shape index (κ2) is 7.43. The standard InChI is InChI=1S/C18H10Cl2N4O4S/c1-8-14(16(23-28-8)15-10(19)3-2-4-11(15)20)17(25)22-18-21-12-6-5-9(24(26)27)7-13(12)29-18/h2-7H,1H3,(H,21,22,25). The maximum Gasteiger partial charge on any atom is 0.270 e. The van der Waals surface area contributed by atoms with E-state index >= 15 is 0 Å². The zero-order valence-corrected chi connectivity index (χ0v) is 16.9. The molecule has 2 heterocycles. The number of nitrogens with one attached hydrogen (secondary N) is 1. The number of carbonyl (C=O) groups is 1. The molecule has 0 fully saturated rings. The predicted octanol–water partition coefficient (Wildman–Crippen LogP) is 5.73. The van der Waals surface area contributed by atoms with E-state index in [0.29, 0.717) is 25.8 Å². The fraction of sp³-hybridized carbons (Fsp3) is 0.0556.